The molecule has 0 aromatic heterocycles. The number of Topliss-reactive ketones (excluding diaryl/α,β-unsaturated/α-hetero) is 1. The zero-order chi connectivity index (χ0) is 12.7. The van der Waals surface area contributed by atoms with Crippen LogP contribution in [0.5, 0.6) is 11.5 Å². The van der Waals surface area contributed by atoms with E-state index in [-0.39, 0.29) is 18.2 Å². The summed E-state index contributed by atoms with van der Waals surface area (Å²) in [5.41, 5.74) is 2.10. The molecule has 5 heteroatoms. The van der Waals surface area contributed by atoms with E-state index in [0.717, 1.165) is 30.6 Å². The fourth-order valence-corrected chi connectivity index (χ4v) is 3.00. The molecule has 2 heterocycles. The Hall–Kier alpha value is -1.26. The number of piperidine rings is 1. The number of hydrogen-bond acceptors (Lipinski definition) is 4. The second kappa shape index (κ2) is 5.39. The molecule has 1 saturated heterocycles. The van der Waals surface area contributed by atoms with Crippen LogP contribution in [0.15, 0.2) is 12.1 Å². The summed E-state index contributed by atoms with van der Waals surface area (Å²) in [6.07, 6.45) is 2.13. The van der Waals surface area contributed by atoms with E-state index in [2.05, 4.69) is 4.90 Å². The maximum atomic E-state index is 11.5. The van der Waals surface area contributed by atoms with Crippen molar-refractivity contribution >= 4 is 18.2 Å². The summed E-state index contributed by atoms with van der Waals surface area (Å²) in [4.78, 5) is 13.8. The number of carbonyl (C=O) groups excluding carboxylic acids is 1. The van der Waals surface area contributed by atoms with E-state index in [0.29, 0.717) is 30.4 Å². The maximum Gasteiger partial charge on any atom is 0.162 e. The largest absolute Gasteiger partial charge is 0.504 e. The van der Waals surface area contributed by atoms with E-state index in [9.17, 15) is 9.90 Å². The predicted molar refractivity (Wildman–Crippen MR) is 74.0 cm³/mol. The van der Waals surface area contributed by atoms with Gasteiger partial charge in [0.25, 0.3) is 0 Å². The lowest BCUT2D eigenvalue weighted by Gasteiger charge is -2.39. The van der Waals surface area contributed by atoms with Crippen LogP contribution in [0, 0.1) is 0 Å². The molecule has 2 aliphatic heterocycles. The number of carbonyl (C=O) groups is 1. The molecule has 0 radical (unpaired) electrons. The first-order valence-electron chi connectivity index (χ1n) is 6.32. The van der Waals surface area contributed by atoms with E-state index >= 15 is 0 Å². The van der Waals surface area contributed by atoms with Crippen LogP contribution in [0.1, 0.15) is 24.0 Å². The van der Waals surface area contributed by atoms with E-state index in [1.54, 1.807) is 13.2 Å². The van der Waals surface area contributed by atoms with Crippen LogP contribution in [0.25, 0.3) is 0 Å². The van der Waals surface area contributed by atoms with E-state index in [4.69, 9.17) is 4.74 Å². The molecule has 1 unspecified atom stereocenters. The smallest absolute Gasteiger partial charge is 0.162 e. The van der Waals surface area contributed by atoms with Gasteiger partial charge in [0.2, 0.25) is 0 Å². The van der Waals surface area contributed by atoms with Gasteiger partial charge in [-0.2, -0.15) is 0 Å². The minimum Gasteiger partial charge on any atom is -0.504 e. The van der Waals surface area contributed by atoms with Crippen LogP contribution in [0.2, 0.25) is 0 Å². The normalized spacial score (nSPS) is 22.2. The number of methoxy groups -OCH3 is 1. The molecule has 19 heavy (non-hydrogen) atoms. The summed E-state index contributed by atoms with van der Waals surface area (Å²) in [6.45, 7) is 1.52. The lowest BCUT2D eigenvalue weighted by atomic mass is 9.87. The van der Waals surface area contributed by atoms with E-state index in [1.807, 2.05) is 6.07 Å². The van der Waals surface area contributed by atoms with Crippen LogP contribution >= 0.6 is 12.4 Å². The summed E-state index contributed by atoms with van der Waals surface area (Å²) in [6, 6.07) is 4.12. The van der Waals surface area contributed by atoms with Crippen LogP contribution in [-0.4, -0.2) is 35.5 Å². The second-order valence-electron chi connectivity index (χ2n) is 5.08. The molecule has 1 fully saturated rings. The maximum absolute atomic E-state index is 11.5. The van der Waals surface area contributed by atoms with Crippen LogP contribution in [0.3, 0.4) is 0 Å². The van der Waals surface area contributed by atoms with Crippen molar-refractivity contribution in [2.75, 3.05) is 13.7 Å². The third kappa shape index (κ3) is 2.42. The fraction of sp³-hybridized carbons (Fsp3) is 0.500. The summed E-state index contributed by atoms with van der Waals surface area (Å²) >= 11 is 0. The Morgan fingerprint density at radius 2 is 2.16 bits per heavy atom. The van der Waals surface area contributed by atoms with Crippen molar-refractivity contribution in [3.05, 3.63) is 23.3 Å². The Kier molecular flexibility index (Phi) is 4.02. The summed E-state index contributed by atoms with van der Waals surface area (Å²) < 4.78 is 5.14. The standard InChI is InChI=1S/C14H17NO3.ClH/c1-18-13-3-2-9-6-10-7-11(16)4-5-15(10)8-12(9)14(13)17;/h2-3,10,17H,4-8H2,1H3;1H. The van der Waals surface area contributed by atoms with Gasteiger partial charge in [0.1, 0.15) is 5.78 Å². The fourth-order valence-electron chi connectivity index (χ4n) is 3.00. The van der Waals surface area contributed by atoms with Crippen molar-refractivity contribution in [1.82, 2.24) is 4.90 Å². The number of phenolic OH excluding ortho intramolecular Hbond substituents is 1. The molecule has 1 aromatic carbocycles. The number of hydrogen-bond donors (Lipinski definition) is 1. The quantitative estimate of drug-likeness (QED) is 0.855. The number of halogens is 1. The van der Waals surface area contributed by atoms with Gasteiger partial charge in [0.05, 0.1) is 7.11 Å². The van der Waals surface area contributed by atoms with Gasteiger partial charge >= 0.3 is 0 Å². The van der Waals surface area contributed by atoms with Gasteiger partial charge in [-0.1, -0.05) is 6.07 Å². The van der Waals surface area contributed by atoms with Crippen molar-refractivity contribution in [3.8, 4) is 11.5 Å². The van der Waals surface area contributed by atoms with E-state index < -0.39 is 0 Å². The Morgan fingerprint density at radius 3 is 2.89 bits per heavy atom. The first-order chi connectivity index (χ1) is 8.69. The molecule has 1 atom stereocenters. The number of phenols is 1. The van der Waals surface area contributed by atoms with Gasteiger partial charge in [0.15, 0.2) is 11.5 Å². The van der Waals surface area contributed by atoms with Crippen molar-refractivity contribution in [3.63, 3.8) is 0 Å². The van der Waals surface area contributed by atoms with Gasteiger partial charge in [-0.3, -0.25) is 9.69 Å². The lowest BCUT2D eigenvalue weighted by Crippen LogP contribution is -2.46. The van der Waals surface area contributed by atoms with Crippen molar-refractivity contribution in [2.45, 2.75) is 31.8 Å². The highest BCUT2D eigenvalue weighted by atomic mass is 35.5. The molecule has 0 amide bonds. The Bertz CT molecular complexity index is 504. The second-order valence-corrected chi connectivity index (χ2v) is 5.08. The minimum atomic E-state index is 0. The molecule has 0 aliphatic carbocycles. The predicted octanol–water partition coefficient (Wildman–Crippen LogP) is 1.91. The zero-order valence-corrected chi connectivity index (χ0v) is 11.7. The summed E-state index contributed by atoms with van der Waals surface area (Å²) in [7, 11) is 1.56. The highest BCUT2D eigenvalue weighted by Gasteiger charge is 2.33. The van der Waals surface area contributed by atoms with Gasteiger partial charge in [-0.25, -0.2) is 0 Å². The molecule has 104 valence electrons. The molecule has 0 spiro atoms. The number of fused-ring (bicyclic) bond motifs is 2. The number of ether oxygens (including phenoxy) is 1. The summed E-state index contributed by atoms with van der Waals surface area (Å²) in [5.74, 6) is 1.14. The topological polar surface area (TPSA) is 49.8 Å². The van der Waals surface area contributed by atoms with Crippen molar-refractivity contribution < 1.29 is 14.6 Å². The Labute approximate surface area is 118 Å². The third-order valence-corrected chi connectivity index (χ3v) is 4.04. The van der Waals surface area contributed by atoms with Crippen molar-refractivity contribution in [1.29, 1.82) is 0 Å². The average molecular weight is 284 g/mol. The highest BCUT2D eigenvalue weighted by Crippen LogP contribution is 2.38. The number of rotatable bonds is 1. The molecule has 0 bridgehead atoms. The van der Waals surface area contributed by atoms with Crippen LogP contribution in [-0.2, 0) is 17.8 Å². The van der Waals surface area contributed by atoms with Gasteiger partial charge < -0.3 is 9.84 Å². The van der Waals surface area contributed by atoms with Crippen LogP contribution in [0.4, 0.5) is 0 Å². The number of nitrogens with zero attached hydrogens (tertiary/aromatic N) is 1. The Morgan fingerprint density at radius 1 is 1.37 bits per heavy atom. The monoisotopic (exact) mass is 283 g/mol. The molecule has 1 aromatic rings. The molecule has 0 saturated carbocycles. The molecule has 3 rings (SSSR count). The highest BCUT2D eigenvalue weighted by molar-refractivity contribution is 5.85. The molecule has 2 aliphatic rings. The third-order valence-electron chi connectivity index (χ3n) is 4.04. The first-order valence-corrected chi connectivity index (χ1v) is 6.32. The molecule has 4 nitrogen and oxygen atoms in total. The van der Waals surface area contributed by atoms with Gasteiger partial charge in [-0.15, -0.1) is 12.4 Å². The summed E-state index contributed by atoms with van der Waals surface area (Å²) in [5, 5.41) is 10.2. The average Bonchev–Trinajstić information content (AvgIpc) is 2.37. The van der Waals surface area contributed by atoms with E-state index in [1.165, 1.54) is 0 Å². The number of ketones is 1. The lowest BCUT2D eigenvalue weighted by molar-refractivity contribution is -0.123. The van der Waals surface area contributed by atoms with Crippen molar-refractivity contribution in [2.24, 2.45) is 0 Å². The van der Waals surface area contributed by atoms with Crippen LogP contribution < -0.4 is 4.74 Å². The molecular weight excluding hydrogens is 266 g/mol. The molecular formula is C14H18ClNO3. The number of benzene rings is 1. The number of aromatic hydroxyl groups is 1. The molecule has 1 N–H and O–H groups in total. The SMILES string of the molecule is COc1ccc2c(c1O)CN1CCC(=O)CC1C2.Cl. The minimum absolute atomic E-state index is 0. The first kappa shape index (κ1) is 14.2. The Balaban J connectivity index is 0.00000133. The van der Waals surface area contributed by atoms with Gasteiger partial charge in [0, 0.05) is 37.5 Å². The zero-order valence-electron chi connectivity index (χ0n) is 10.9. The van der Waals surface area contributed by atoms with Gasteiger partial charge in [-0.05, 0) is 18.1 Å².